The summed E-state index contributed by atoms with van der Waals surface area (Å²) in [6.07, 6.45) is 53.0. The molecule has 0 aliphatic heterocycles. The van der Waals surface area contributed by atoms with Crippen LogP contribution in [0.15, 0.2) is 24.3 Å². The van der Waals surface area contributed by atoms with Crippen LogP contribution in [0.3, 0.4) is 0 Å². The molecule has 0 amide bonds. The Morgan fingerprint density at radius 1 is 0.328 bits per heavy atom. The van der Waals surface area contributed by atoms with Gasteiger partial charge in [0.1, 0.15) is 13.2 Å². The molecule has 0 bridgehead atoms. The third-order valence-electron chi connectivity index (χ3n) is 11.2. The summed E-state index contributed by atoms with van der Waals surface area (Å²) in [5, 5.41) is 0. The van der Waals surface area contributed by atoms with Crippen molar-refractivity contribution in [1.29, 1.82) is 0 Å². The molecule has 0 saturated heterocycles. The molecule has 0 unspecified atom stereocenters. The van der Waals surface area contributed by atoms with Gasteiger partial charge in [0.25, 0.3) is 0 Å². The molecule has 0 rings (SSSR count). The number of allylic oxidation sites excluding steroid dienone is 4. The molecule has 0 radical (unpaired) electrons. The third-order valence-corrected chi connectivity index (χ3v) is 11.2. The SMILES string of the molecule is CCCC/C=C\CCCCCCCC(=O)OC[C@H](COC(=O)CCCCCCCCCCCCCCCCCCC)OC(=O)CCCCCCC/C=C\CCCCC. The lowest BCUT2D eigenvalue weighted by Crippen LogP contribution is -2.30. The van der Waals surface area contributed by atoms with Gasteiger partial charge in [-0.25, -0.2) is 0 Å². The zero-order valence-corrected chi connectivity index (χ0v) is 38.8. The van der Waals surface area contributed by atoms with Gasteiger partial charge >= 0.3 is 17.9 Å². The van der Waals surface area contributed by atoms with Crippen LogP contribution in [-0.4, -0.2) is 37.2 Å². The standard InChI is InChI=1S/C52H96O6/c1-4-7-10-13-16-19-22-24-25-26-27-28-31-33-36-39-42-45-51(54)57-48-49(47-56-50(53)44-41-38-35-32-29-21-18-15-12-9-6-3)58-52(55)46-43-40-37-34-30-23-20-17-14-11-8-5-2/h15,17-18,20,49H,4-14,16,19,21-48H2,1-3H3/b18-15-,20-17-/t49-/m1/s1. The van der Waals surface area contributed by atoms with Gasteiger partial charge in [-0.2, -0.15) is 0 Å². The summed E-state index contributed by atoms with van der Waals surface area (Å²) in [5.74, 6) is -0.883. The lowest BCUT2D eigenvalue weighted by atomic mass is 10.0. The first-order valence-corrected chi connectivity index (χ1v) is 25.3. The number of rotatable bonds is 46. The summed E-state index contributed by atoms with van der Waals surface area (Å²) in [6.45, 7) is 6.58. The first-order valence-electron chi connectivity index (χ1n) is 25.3. The van der Waals surface area contributed by atoms with Gasteiger partial charge in [0, 0.05) is 19.3 Å². The number of carbonyl (C=O) groups excluding carboxylic acids is 3. The minimum Gasteiger partial charge on any atom is -0.462 e. The van der Waals surface area contributed by atoms with Gasteiger partial charge in [-0.3, -0.25) is 14.4 Å². The van der Waals surface area contributed by atoms with E-state index in [1.54, 1.807) is 0 Å². The first kappa shape index (κ1) is 55.9. The third kappa shape index (κ3) is 45.0. The van der Waals surface area contributed by atoms with E-state index in [0.29, 0.717) is 19.3 Å². The Morgan fingerprint density at radius 2 is 0.586 bits per heavy atom. The molecule has 0 aromatic rings. The molecular weight excluding hydrogens is 721 g/mol. The number of carbonyl (C=O) groups is 3. The van der Waals surface area contributed by atoms with Crippen molar-refractivity contribution in [2.75, 3.05) is 13.2 Å². The highest BCUT2D eigenvalue weighted by atomic mass is 16.6. The largest absolute Gasteiger partial charge is 0.462 e. The topological polar surface area (TPSA) is 78.9 Å². The van der Waals surface area contributed by atoms with Crippen molar-refractivity contribution < 1.29 is 28.6 Å². The molecule has 0 aliphatic carbocycles. The summed E-state index contributed by atoms with van der Waals surface area (Å²) in [7, 11) is 0. The van der Waals surface area contributed by atoms with E-state index in [9.17, 15) is 14.4 Å². The van der Waals surface area contributed by atoms with Crippen molar-refractivity contribution in [3.63, 3.8) is 0 Å². The summed E-state index contributed by atoms with van der Waals surface area (Å²) >= 11 is 0. The van der Waals surface area contributed by atoms with Crippen LogP contribution in [0.1, 0.15) is 271 Å². The first-order chi connectivity index (χ1) is 28.5. The fourth-order valence-corrected chi connectivity index (χ4v) is 7.30. The smallest absolute Gasteiger partial charge is 0.306 e. The fourth-order valence-electron chi connectivity index (χ4n) is 7.30. The van der Waals surface area contributed by atoms with Crippen LogP contribution in [0.5, 0.6) is 0 Å². The molecule has 0 saturated carbocycles. The molecular formula is C52H96O6. The lowest BCUT2D eigenvalue weighted by molar-refractivity contribution is -0.167. The monoisotopic (exact) mass is 817 g/mol. The number of esters is 3. The zero-order chi connectivity index (χ0) is 42.3. The van der Waals surface area contributed by atoms with Gasteiger partial charge in [-0.05, 0) is 64.2 Å². The molecule has 340 valence electrons. The molecule has 1 atom stereocenters. The summed E-state index contributed by atoms with van der Waals surface area (Å²) in [4.78, 5) is 37.8. The maximum Gasteiger partial charge on any atom is 0.306 e. The molecule has 6 nitrogen and oxygen atoms in total. The van der Waals surface area contributed by atoms with Crippen molar-refractivity contribution in [2.24, 2.45) is 0 Å². The Hall–Kier alpha value is -2.11. The van der Waals surface area contributed by atoms with Crippen LogP contribution in [0.4, 0.5) is 0 Å². The highest BCUT2D eigenvalue weighted by Crippen LogP contribution is 2.16. The van der Waals surface area contributed by atoms with Gasteiger partial charge in [0.05, 0.1) is 0 Å². The van der Waals surface area contributed by atoms with Gasteiger partial charge in [0.2, 0.25) is 0 Å². The van der Waals surface area contributed by atoms with Crippen molar-refractivity contribution in [3.8, 4) is 0 Å². The van der Waals surface area contributed by atoms with E-state index < -0.39 is 6.10 Å². The van der Waals surface area contributed by atoms with Gasteiger partial charge in [0.15, 0.2) is 6.10 Å². The van der Waals surface area contributed by atoms with Crippen molar-refractivity contribution in [1.82, 2.24) is 0 Å². The van der Waals surface area contributed by atoms with Crippen LogP contribution in [0, 0.1) is 0 Å². The quantitative estimate of drug-likeness (QED) is 0.0263. The van der Waals surface area contributed by atoms with Crippen LogP contribution < -0.4 is 0 Å². The number of hydrogen-bond donors (Lipinski definition) is 0. The van der Waals surface area contributed by atoms with E-state index in [2.05, 4.69) is 45.1 Å². The maximum atomic E-state index is 12.7. The Bertz CT molecular complexity index is 942. The Labute approximate surface area is 360 Å². The molecule has 0 spiro atoms. The maximum absolute atomic E-state index is 12.7. The van der Waals surface area contributed by atoms with Gasteiger partial charge < -0.3 is 14.2 Å². The molecule has 0 fully saturated rings. The number of ether oxygens (including phenoxy) is 3. The predicted octanol–water partition coefficient (Wildman–Crippen LogP) is 16.4. The highest BCUT2D eigenvalue weighted by molar-refractivity contribution is 5.71. The fraction of sp³-hybridized carbons (Fsp3) is 0.865. The molecule has 6 heteroatoms. The minimum atomic E-state index is -0.773. The molecule has 0 aromatic carbocycles. The lowest BCUT2D eigenvalue weighted by Gasteiger charge is -2.18. The highest BCUT2D eigenvalue weighted by Gasteiger charge is 2.19. The normalized spacial score (nSPS) is 12.1. The van der Waals surface area contributed by atoms with E-state index in [4.69, 9.17) is 14.2 Å². The average Bonchev–Trinajstić information content (AvgIpc) is 3.22. The Kier molecular flexibility index (Phi) is 45.8. The van der Waals surface area contributed by atoms with Crippen LogP contribution in [0.2, 0.25) is 0 Å². The zero-order valence-electron chi connectivity index (χ0n) is 38.8. The Balaban J connectivity index is 4.31. The summed E-state index contributed by atoms with van der Waals surface area (Å²) in [5.41, 5.74) is 0. The van der Waals surface area contributed by atoms with E-state index in [1.165, 1.54) is 161 Å². The van der Waals surface area contributed by atoms with Crippen molar-refractivity contribution in [3.05, 3.63) is 24.3 Å². The van der Waals surface area contributed by atoms with Crippen molar-refractivity contribution >= 4 is 17.9 Å². The van der Waals surface area contributed by atoms with Gasteiger partial charge in [-0.15, -0.1) is 0 Å². The van der Waals surface area contributed by atoms with Crippen LogP contribution in [0.25, 0.3) is 0 Å². The van der Waals surface area contributed by atoms with E-state index in [-0.39, 0.29) is 31.1 Å². The van der Waals surface area contributed by atoms with E-state index in [0.717, 1.165) is 70.6 Å². The predicted molar refractivity (Wildman–Crippen MR) is 247 cm³/mol. The second-order valence-corrected chi connectivity index (χ2v) is 17.1. The van der Waals surface area contributed by atoms with E-state index >= 15 is 0 Å². The number of hydrogen-bond acceptors (Lipinski definition) is 6. The molecule has 0 aliphatic rings. The second kappa shape index (κ2) is 47.6. The van der Waals surface area contributed by atoms with Gasteiger partial charge in [-0.1, -0.05) is 212 Å². The van der Waals surface area contributed by atoms with Crippen LogP contribution in [-0.2, 0) is 28.6 Å². The molecule has 0 aromatic heterocycles. The van der Waals surface area contributed by atoms with Crippen molar-refractivity contribution in [2.45, 2.75) is 277 Å². The average molecular weight is 817 g/mol. The summed E-state index contributed by atoms with van der Waals surface area (Å²) < 4.78 is 16.8. The second-order valence-electron chi connectivity index (χ2n) is 17.1. The minimum absolute atomic E-state index is 0.0737. The van der Waals surface area contributed by atoms with E-state index in [1.807, 2.05) is 0 Å². The molecule has 0 heterocycles. The van der Waals surface area contributed by atoms with Crippen LogP contribution >= 0.6 is 0 Å². The Morgan fingerprint density at radius 3 is 0.948 bits per heavy atom. The summed E-state index contributed by atoms with van der Waals surface area (Å²) in [6, 6.07) is 0. The number of unbranched alkanes of at least 4 members (excludes halogenated alkanes) is 31. The molecule has 58 heavy (non-hydrogen) atoms. The molecule has 0 N–H and O–H groups in total.